The Kier molecular flexibility index (Phi) is 5.80. The molecule has 0 unspecified atom stereocenters. The van der Waals surface area contributed by atoms with Gasteiger partial charge in [-0.1, -0.05) is 30.3 Å². The number of carbonyl (C=O) groups excluding carboxylic acids is 1. The van der Waals surface area contributed by atoms with Crippen molar-refractivity contribution in [2.75, 3.05) is 20.3 Å². The highest BCUT2D eigenvalue weighted by Gasteiger charge is 2.10. The number of benzene rings is 2. The van der Waals surface area contributed by atoms with E-state index < -0.39 is 0 Å². The molecule has 3 rings (SSSR count). The molecule has 5 nitrogen and oxygen atoms in total. The van der Waals surface area contributed by atoms with Crippen molar-refractivity contribution >= 4 is 16.9 Å². The first kappa shape index (κ1) is 17.2. The van der Waals surface area contributed by atoms with Gasteiger partial charge in [0.15, 0.2) is 0 Å². The van der Waals surface area contributed by atoms with Gasteiger partial charge in [0.2, 0.25) is 0 Å². The van der Waals surface area contributed by atoms with Crippen molar-refractivity contribution in [3.05, 3.63) is 66.0 Å². The van der Waals surface area contributed by atoms with E-state index in [1.807, 2.05) is 48.5 Å². The lowest BCUT2D eigenvalue weighted by molar-refractivity contribution is 0.0953. The smallest absolute Gasteiger partial charge is 0.251 e. The molecule has 1 heterocycles. The molecule has 0 spiro atoms. The molecule has 0 aliphatic rings. The summed E-state index contributed by atoms with van der Waals surface area (Å²) in [7, 11) is 1.71. The molecule has 2 aromatic carbocycles. The van der Waals surface area contributed by atoms with E-state index in [-0.39, 0.29) is 5.91 Å². The minimum Gasteiger partial charge on any atom is -0.383 e. The van der Waals surface area contributed by atoms with Gasteiger partial charge in [0.05, 0.1) is 17.6 Å². The SMILES string of the molecule is COCCn1c(CCCNC(=O)c2ccccc2)nc2ccccc21. The molecule has 0 aliphatic heterocycles. The fourth-order valence-corrected chi connectivity index (χ4v) is 2.89. The van der Waals surface area contributed by atoms with Gasteiger partial charge in [-0.2, -0.15) is 0 Å². The van der Waals surface area contributed by atoms with Crippen molar-refractivity contribution in [3.63, 3.8) is 0 Å². The summed E-state index contributed by atoms with van der Waals surface area (Å²) in [5.74, 6) is 1.00. The maximum absolute atomic E-state index is 12.1. The topological polar surface area (TPSA) is 56.1 Å². The third kappa shape index (κ3) is 4.25. The molecular formula is C20H23N3O2. The first-order chi connectivity index (χ1) is 12.3. The quantitative estimate of drug-likeness (QED) is 0.643. The van der Waals surface area contributed by atoms with E-state index in [0.29, 0.717) is 18.7 Å². The molecule has 1 amide bonds. The van der Waals surface area contributed by atoms with Gasteiger partial charge >= 0.3 is 0 Å². The van der Waals surface area contributed by atoms with Crippen LogP contribution in [0.15, 0.2) is 54.6 Å². The molecule has 1 N–H and O–H groups in total. The predicted octanol–water partition coefficient (Wildman–Crippen LogP) is 3.05. The van der Waals surface area contributed by atoms with Crippen LogP contribution >= 0.6 is 0 Å². The Labute approximate surface area is 147 Å². The van der Waals surface area contributed by atoms with E-state index in [1.165, 1.54) is 0 Å². The summed E-state index contributed by atoms with van der Waals surface area (Å²) < 4.78 is 7.43. The van der Waals surface area contributed by atoms with E-state index in [0.717, 1.165) is 36.2 Å². The number of hydrogen-bond acceptors (Lipinski definition) is 3. The molecule has 25 heavy (non-hydrogen) atoms. The van der Waals surface area contributed by atoms with Gasteiger partial charge in [-0.15, -0.1) is 0 Å². The highest BCUT2D eigenvalue weighted by molar-refractivity contribution is 5.94. The number of rotatable bonds is 8. The summed E-state index contributed by atoms with van der Waals surface area (Å²) >= 11 is 0. The molecule has 0 atom stereocenters. The second kappa shape index (κ2) is 8.44. The van der Waals surface area contributed by atoms with Gasteiger partial charge in [-0.25, -0.2) is 4.98 Å². The fourth-order valence-electron chi connectivity index (χ4n) is 2.89. The number of aryl methyl sites for hydroxylation is 1. The number of imidazole rings is 1. The number of methoxy groups -OCH3 is 1. The number of nitrogens with one attached hydrogen (secondary N) is 1. The molecular weight excluding hydrogens is 314 g/mol. The summed E-state index contributed by atoms with van der Waals surface area (Å²) in [6, 6.07) is 17.4. The minimum atomic E-state index is -0.0338. The number of nitrogens with zero attached hydrogens (tertiary/aromatic N) is 2. The van der Waals surface area contributed by atoms with Crippen molar-refractivity contribution in [1.29, 1.82) is 0 Å². The molecule has 5 heteroatoms. The van der Waals surface area contributed by atoms with Crippen LogP contribution in [-0.2, 0) is 17.7 Å². The number of fused-ring (bicyclic) bond motifs is 1. The number of amides is 1. The standard InChI is InChI=1S/C20H23N3O2/c1-25-15-14-23-18-11-6-5-10-17(18)22-19(23)12-7-13-21-20(24)16-8-3-2-4-9-16/h2-6,8-11H,7,12-15H2,1H3,(H,21,24). The summed E-state index contributed by atoms with van der Waals surface area (Å²) in [4.78, 5) is 16.8. The first-order valence-corrected chi connectivity index (χ1v) is 8.56. The number of para-hydroxylation sites is 2. The lowest BCUT2D eigenvalue weighted by Crippen LogP contribution is -2.25. The van der Waals surface area contributed by atoms with E-state index >= 15 is 0 Å². The van der Waals surface area contributed by atoms with Gasteiger partial charge in [-0.05, 0) is 30.7 Å². The van der Waals surface area contributed by atoms with Gasteiger partial charge in [0.25, 0.3) is 5.91 Å². The average Bonchev–Trinajstić information content (AvgIpc) is 3.01. The zero-order chi connectivity index (χ0) is 17.5. The van der Waals surface area contributed by atoms with Crippen LogP contribution in [0.1, 0.15) is 22.6 Å². The largest absolute Gasteiger partial charge is 0.383 e. The van der Waals surface area contributed by atoms with Crippen LogP contribution in [0, 0.1) is 0 Å². The third-order valence-corrected chi connectivity index (χ3v) is 4.15. The van der Waals surface area contributed by atoms with Crippen LogP contribution in [0.2, 0.25) is 0 Å². The number of hydrogen-bond donors (Lipinski definition) is 1. The zero-order valence-electron chi connectivity index (χ0n) is 14.4. The molecule has 0 fully saturated rings. The maximum atomic E-state index is 12.1. The Balaban J connectivity index is 1.60. The van der Waals surface area contributed by atoms with E-state index in [4.69, 9.17) is 9.72 Å². The van der Waals surface area contributed by atoms with Crippen LogP contribution in [0.25, 0.3) is 11.0 Å². The van der Waals surface area contributed by atoms with E-state index in [1.54, 1.807) is 7.11 Å². The highest BCUT2D eigenvalue weighted by Crippen LogP contribution is 2.17. The monoisotopic (exact) mass is 337 g/mol. The molecule has 3 aromatic rings. The van der Waals surface area contributed by atoms with Crippen molar-refractivity contribution in [2.45, 2.75) is 19.4 Å². The number of carbonyl (C=O) groups is 1. The highest BCUT2D eigenvalue weighted by atomic mass is 16.5. The minimum absolute atomic E-state index is 0.0338. The maximum Gasteiger partial charge on any atom is 0.251 e. The van der Waals surface area contributed by atoms with Crippen molar-refractivity contribution in [3.8, 4) is 0 Å². The van der Waals surface area contributed by atoms with E-state index in [9.17, 15) is 4.79 Å². The molecule has 0 bridgehead atoms. The third-order valence-electron chi connectivity index (χ3n) is 4.15. The Bertz CT molecular complexity index is 827. The summed E-state index contributed by atoms with van der Waals surface area (Å²) in [6.07, 6.45) is 1.66. The summed E-state index contributed by atoms with van der Waals surface area (Å²) in [5, 5.41) is 2.96. The number of aromatic nitrogens is 2. The molecule has 0 saturated carbocycles. The fraction of sp³-hybridized carbons (Fsp3) is 0.300. The van der Waals surface area contributed by atoms with E-state index in [2.05, 4.69) is 16.0 Å². The Morgan fingerprint density at radius 1 is 1.12 bits per heavy atom. The molecule has 0 saturated heterocycles. The second-order valence-electron chi connectivity index (χ2n) is 5.89. The van der Waals surface area contributed by atoms with Crippen molar-refractivity contribution in [2.24, 2.45) is 0 Å². The predicted molar refractivity (Wildman–Crippen MR) is 98.7 cm³/mol. The lowest BCUT2D eigenvalue weighted by atomic mass is 10.2. The van der Waals surface area contributed by atoms with Crippen molar-refractivity contribution < 1.29 is 9.53 Å². The van der Waals surface area contributed by atoms with Crippen molar-refractivity contribution in [1.82, 2.24) is 14.9 Å². The van der Waals surface area contributed by atoms with Gasteiger partial charge < -0.3 is 14.6 Å². The van der Waals surface area contributed by atoms with Gasteiger partial charge in [0.1, 0.15) is 5.82 Å². The number of ether oxygens (including phenoxy) is 1. The molecule has 1 aromatic heterocycles. The van der Waals surface area contributed by atoms with Crippen LogP contribution in [0.5, 0.6) is 0 Å². The van der Waals surface area contributed by atoms with Gasteiger partial charge in [0, 0.05) is 32.2 Å². The molecule has 0 radical (unpaired) electrons. The summed E-state index contributed by atoms with van der Waals surface area (Å²) in [5.41, 5.74) is 2.82. The second-order valence-corrected chi connectivity index (χ2v) is 5.89. The first-order valence-electron chi connectivity index (χ1n) is 8.56. The van der Waals surface area contributed by atoms with Gasteiger partial charge in [-0.3, -0.25) is 4.79 Å². The Morgan fingerprint density at radius 3 is 2.68 bits per heavy atom. The van der Waals surface area contributed by atoms with Crippen LogP contribution < -0.4 is 5.32 Å². The Morgan fingerprint density at radius 2 is 1.88 bits per heavy atom. The summed E-state index contributed by atoms with van der Waals surface area (Å²) in [6.45, 7) is 2.06. The van der Waals surface area contributed by atoms with Crippen LogP contribution in [-0.4, -0.2) is 35.7 Å². The Hall–Kier alpha value is -2.66. The molecule has 0 aliphatic carbocycles. The zero-order valence-corrected chi connectivity index (χ0v) is 14.4. The van der Waals surface area contributed by atoms with Crippen LogP contribution in [0.3, 0.4) is 0 Å². The molecule has 130 valence electrons. The average molecular weight is 337 g/mol. The van der Waals surface area contributed by atoms with Crippen LogP contribution in [0.4, 0.5) is 0 Å². The lowest BCUT2D eigenvalue weighted by Gasteiger charge is -2.09. The normalized spacial score (nSPS) is 10.9.